The summed E-state index contributed by atoms with van der Waals surface area (Å²) in [5.41, 5.74) is -0.0313. The van der Waals surface area contributed by atoms with Gasteiger partial charge in [0.1, 0.15) is 6.61 Å². The molecule has 0 aliphatic heterocycles. The zero-order chi connectivity index (χ0) is 18.7. The SMILES string of the molecule is COC(=O)c1ccc([N+](=O)[O-])c(OCCn2nc3ccccn3c2=O)c1. The number of fused-ring (bicyclic) bond motifs is 1. The van der Waals surface area contributed by atoms with Gasteiger partial charge in [0.25, 0.3) is 0 Å². The Morgan fingerprint density at radius 3 is 2.81 bits per heavy atom. The van der Waals surface area contributed by atoms with E-state index in [4.69, 9.17) is 4.74 Å². The van der Waals surface area contributed by atoms with Gasteiger partial charge < -0.3 is 9.47 Å². The van der Waals surface area contributed by atoms with E-state index in [0.29, 0.717) is 5.65 Å². The molecule has 0 saturated carbocycles. The minimum absolute atomic E-state index is 0.0464. The molecule has 0 atom stereocenters. The molecule has 2 heterocycles. The van der Waals surface area contributed by atoms with Crippen LogP contribution < -0.4 is 10.4 Å². The van der Waals surface area contributed by atoms with Gasteiger partial charge in [0.2, 0.25) is 0 Å². The van der Waals surface area contributed by atoms with Crippen LogP contribution in [0, 0.1) is 10.1 Å². The Morgan fingerprint density at radius 1 is 1.31 bits per heavy atom. The number of carbonyl (C=O) groups is 1. The zero-order valence-corrected chi connectivity index (χ0v) is 13.7. The standard InChI is InChI=1S/C16H14N4O6/c1-25-15(21)11-5-6-12(20(23)24)13(10-11)26-9-8-19-16(22)18-7-3-2-4-14(18)17-19/h2-7,10H,8-9H2,1H3. The lowest BCUT2D eigenvalue weighted by Gasteiger charge is -2.08. The van der Waals surface area contributed by atoms with Crippen LogP contribution in [0.15, 0.2) is 47.4 Å². The monoisotopic (exact) mass is 358 g/mol. The number of benzene rings is 1. The van der Waals surface area contributed by atoms with Gasteiger partial charge in [-0.05, 0) is 18.2 Å². The van der Waals surface area contributed by atoms with Crippen LogP contribution in [0.5, 0.6) is 5.75 Å². The number of hydrogen-bond donors (Lipinski definition) is 0. The minimum Gasteiger partial charge on any atom is -0.485 e. The third-order valence-corrected chi connectivity index (χ3v) is 3.63. The summed E-state index contributed by atoms with van der Waals surface area (Å²) in [6.07, 6.45) is 1.59. The molecule has 0 saturated heterocycles. The van der Waals surface area contributed by atoms with Crippen molar-refractivity contribution in [3.8, 4) is 5.75 Å². The van der Waals surface area contributed by atoms with E-state index in [2.05, 4.69) is 9.84 Å². The molecule has 0 aliphatic carbocycles. The predicted octanol–water partition coefficient (Wildman–Crippen LogP) is 1.27. The molecule has 3 aromatic rings. The van der Waals surface area contributed by atoms with E-state index in [1.807, 2.05) is 0 Å². The molecule has 0 aliphatic rings. The largest absolute Gasteiger partial charge is 0.485 e. The highest BCUT2D eigenvalue weighted by molar-refractivity contribution is 5.90. The Morgan fingerprint density at radius 2 is 2.12 bits per heavy atom. The van der Waals surface area contributed by atoms with Crippen molar-refractivity contribution >= 4 is 17.3 Å². The van der Waals surface area contributed by atoms with Crippen LogP contribution in [-0.2, 0) is 11.3 Å². The van der Waals surface area contributed by atoms with Crippen LogP contribution in [-0.4, -0.2) is 38.8 Å². The summed E-state index contributed by atoms with van der Waals surface area (Å²) in [4.78, 5) is 34.2. The summed E-state index contributed by atoms with van der Waals surface area (Å²) in [5.74, 6) is -0.726. The lowest BCUT2D eigenvalue weighted by molar-refractivity contribution is -0.385. The summed E-state index contributed by atoms with van der Waals surface area (Å²) in [7, 11) is 1.21. The average Bonchev–Trinajstić information content (AvgIpc) is 2.97. The molecule has 10 heteroatoms. The Labute approximate surface area is 146 Å². The average molecular weight is 358 g/mol. The quantitative estimate of drug-likeness (QED) is 0.370. The maximum atomic E-state index is 12.2. The van der Waals surface area contributed by atoms with E-state index in [-0.39, 0.29) is 35.8 Å². The number of nitrogens with zero attached hydrogens (tertiary/aromatic N) is 4. The van der Waals surface area contributed by atoms with Crippen molar-refractivity contribution in [2.45, 2.75) is 6.54 Å². The molecule has 2 aromatic heterocycles. The normalized spacial score (nSPS) is 10.7. The first kappa shape index (κ1) is 17.1. The number of ether oxygens (including phenoxy) is 2. The van der Waals surface area contributed by atoms with Crippen molar-refractivity contribution in [2.24, 2.45) is 0 Å². The lowest BCUT2D eigenvalue weighted by atomic mass is 10.2. The maximum Gasteiger partial charge on any atom is 0.350 e. The van der Waals surface area contributed by atoms with Gasteiger partial charge in [0.05, 0.1) is 24.1 Å². The first-order chi connectivity index (χ1) is 12.5. The van der Waals surface area contributed by atoms with Crippen LogP contribution in [0.1, 0.15) is 10.4 Å². The summed E-state index contributed by atoms with van der Waals surface area (Å²) >= 11 is 0. The number of rotatable bonds is 6. The van der Waals surface area contributed by atoms with Crippen LogP contribution in [0.4, 0.5) is 5.69 Å². The molecule has 26 heavy (non-hydrogen) atoms. The predicted molar refractivity (Wildman–Crippen MR) is 89.4 cm³/mol. The molecule has 10 nitrogen and oxygen atoms in total. The Bertz CT molecular complexity index is 1040. The van der Waals surface area contributed by atoms with Gasteiger partial charge in [-0.1, -0.05) is 6.07 Å². The zero-order valence-electron chi connectivity index (χ0n) is 13.7. The fourth-order valence-electron chi connectivity index (χ4n) is 2.38. The fourth-order valence-corrected chi connectivity index (χ4v) is 2.38. The lowest BCUT2D eigenvalue weighted by Crippen LogP contribution is -2.24. The van der Waals surface area contributed by atoms with Crippen molar-refractivity contribution in [2.75, 3.05) is 13.7 Å². The molecule has 0 amide bonds. The van der Waals surface area contributed by atoms with Crippen LogP contribution in [0.2, 0.25) is 0 Å². The Kier molecular flexibility index (Phi) is 4.65. The highest BCUT2D eigenvalue weighted by Crippen LogP contribution is 2.28. The van der Waals surface area contributed by atoms with Crippen LogP contribution in [0.3, 0.4) is 0 Å². The molecule has 0 N–H and O–H groups in total. The first-order valence-corrected chi connectivity index (χ1v) is 7.55. The Balaban J connectivity index is 1.79. The third kappa shape index (κ3) is 3.24. The molecule has 0 bridgehead atoms. The number of methoxy groups -OCH3 is 1. The molecular weight excluding hydrogens is 344 g/mol. The number of nitro groups is 1. The van der Waals surface area contributed by atoms with Crippen molar-refractivity contribution in [3.63, 3.8) is 0 Å². The van der Waals surface area contributed by atoms with Crippen LogP contribution in [0.25, 0.3) is 5.65 Å². The summed E-state index contributed by atoms with van der Waals surface area (Å²) in [5, 5.41) is 15.3. The summed E-state index contributed by atoms with van der Waals surface area (Å²) in [6, 6.07) is 8.82. The summed E-state index contributed by atoms with van der Waals surface area (Å²) < 4.78 is 12.6. The maximum absolute atomic E-state index is 12.2. The number of nitro benzene ring substituents is 1. The molecule has 0 spiro atoms. The number of esters is 1. The molecule has 0 fully saturated rings. The van der Waals surface area contributed by atoms with Crippen molar-refractivity contribution in [3.05, 3.63) is 68.8 Å². The highest BCUT2D eigenvalue weighted by atomic mass is 16.6. The first-order valence-electron chi connectivity index (χ1n) is 7.55. The second-order valence-corrected chi connectivity index (χ2v) is 5.21. The second-order valence-electron chi connectivity index (χ2n) is 5.21. The molecule has 0 unspecified atom stereocenters. The van der Waals surface area contributed by atoms with Crippen molar-refractivity contribution < 1.29 is 19.2 Å². The van der Waals surface area contributed by atoms with E-state index in [9.17, 15) is 19.7 Å². The number of aromatic nitrogens is 3. The van der Waals surface area contributed by atoms with Gasteiger partial charge in [-0.25, -0.2) is 14.3 Å². The van der Waals surface area contributed by atoms with E-state index in [1.54, 1.807) is 24.4 Å². The topological polar surface area (TPSA) is 118 Å². The highest BCUT2D eigenvalue weighted by Gasteiger charge is 2.18. The smallest absolute Gasteiger partial charge is 0.350 e. The van der Waals surface area contributed by atoms with Crippen molar-refractivity contribution in [1.29, 1.82) is 0 Å². The number of pyridine rings is 1. The number of carbonyl (C=O) groups excluding carboxylic acids is 1. The minimum atomic E-state index is -0.638. The second kappa shape index (κ2) is 7.05. The van der Waals surface area contributed by atoms with Crippen molar-refractivity contribution in [1.82, 2.24) is 14.2 Å². The fraction of sp³-hybridized carbons (Fsp3) is 0.188. The van der Waals surface area contributed by atoms with Crippen LogP contribution >= 0.6 is 0 Å². The van der Waals surface area contributed by atoms with E-state index in [0.717, 1.165) is 0 Å². The molecule has 0 radical (unpaired) electrons. The van der Waals surface area contributed by atoms with Gasteiger partial charge in [-0.3, -0.25) is 14.5 Å². The third-order valence-electron chi connectivity index (χ3n) is 3.63. The molecule has 134 valence electrons. The van der Waals surface area contributed by atoms with E-state index in [1.165, 1.54) is 34.4 Å². The van der Waals surface area contributed by atoms with Gasteiger partial charge >= 0.3 is 17.3 Å². The number of hydrogen-bond acceptors (Lipinski definition) is 7. The van der Waals surface area contributed by atoms with Gasteiger partial charge in [0, 0.05) is 18.3 Å². The molecule has 1 aromatic carbocycles. The van der Waals surface area contributed by atoms with E-state index >= 15 is 0 Å². The molecular formula is C16H14N4O6. The Hall–Kier alpha value is -3.69. The summed E-state index contributed by atoms with van der Waals surface area (Å²) in [6.45, 7) is 0.0371. The molecule has 3 rings (SSSR count). The van der Waals surface area contributed by atoms with Gasteiger partial charge in [-0.15, -0.1) is 5.10 Å². The van der Waals surface area contributed by atoms with E-state index < -0.39 is 10.9 Å². The van der Waals surface area contributed by atoms with Gasteiger partial charge in [0.15, 0.2) is 11.4 Å². The van der Waals surface area contributed by atoms with Gasteiger partial charge in [-0.2, -0.15) is 0 Å².